The van der Waals surface area contributed by atoms with Crippen molar-refractivity contribution in [1.82, 2.24) is 0 Å². The second-order valence-corrected chi connectivity index (χ2v) is 7.25. The number of methoxy groups -OCH3 is 4. The van der Waals surface area contributed by atoms with Crippen LogP contribution in [-0.2, 0) is 44.7 Å². The summed E-state index contributed by atoms with van der Waals surface area (Å²) in [5.74, 6) is -5.41. The highest BCUT2D eigenvalue weighted by atomic mass is 16.7. The Balaban J connectivity index is 2.23. The molecule has 0 aromatic heterocycles. The van der Waals surface area contributed by atoms with E-state index in [1.807, 2.05) is 0 Å². The Morgan fingerprint density at radius 3 is 1.88 bits per heavy atom. The van der Waals surface area contributed by atoms with Crippen LogP contribution in [0, 0.1) is 0 Å². The summed E-state index contributed by atoms with van der Waals surface area (Å²) in [5, 5.41) is 0. The Labute approximate surface area is 188 Å². The number of carbonyl (C=O) groups is 4. The summed E-state index contributed by atoms with van der Waals surface area (Å²) in [6.45, 7) is 0. The number of hydrogen-bond donors (Lipinski definition) is 0. The van der Waals surface area contributed by atoms with Gasteiger partial charge in [0.15, 0.2) is 5.60 Å². The third-order valence-electron chi connectivity index (χ3n) is 5.85. The highest BCUT2D eigenvalue weighted by molar-refractivity contribution is 6.19. The molecule has 0 radical (unpaired) electrons. The van der Waals surface area contributed by atoms with Crippen molar-refractivity contribution < 1.29 is 42.9 Å². The highest BCUT2D eigenvalue weighted by Crippen LogP contribution is 2.60. The standard InChI is InChI=1S/C24H20O9/c1-29-20(26)14-10-6-7-11-15(14)23-17(21(27)30-2)18(22(28)31-3)24(32-4,33-23)16-12-8-5-9-13(16)19(23)25/h5-12H,1-4H3/t23-,24-/m0/s1. The lowest BCUT2D eigenvalue weighted by molar-refractivity contribution is -0.235. The maximum absolute atomic E-state index is 14.1. The molecule has 0 saturated heterocycles. The van der Waals surface area contributed by atoms with E-state index in [0.717, 1.165) is 14.2 Å². The van der Waals surface area contributed by atoms with E-state index < -0.39 is 40.7 Å². The first-order chi connectivity index (χ1) is 15.8. The zero-order valence-electron chi connectivity index (χ0n) is 18.3. The molecule has 0 aliphatic carbocycles. The molecule has 170 valence electrons. The van der Waals surface area contributed by atoms with Gasteiger partial charge in [0.1, 0.15) is 5.57 Å². The number of benzene rings is 2. The van der Waals surface area contributed by atoms with Crippen LogP contribution in [0.4, 0.5) is 0 Å². The van der Waals surface area contributed by atoms with Crippen molar-refractivity contribution in [2.24, 2.45) is 0 Å². The molecule has 2 aliphatic heterocycles. The minimum Gasteiger partial charge on any atom is -0.466 e. The monoisotopic (exact) mass is 452 g/mol. The molecular formula is C24H20O9. The number of hydrogen-bond acceptors (Lipinski definition) is 9. The molecule has 2 bridgehead atoms. The molecule has 4 rings (SSSR count). The van der Waals surface area contributed by atoms with Gasteiger partial charge in [0.2, 0.25) is 11.6 Å². The molecule has 9 nitrogen and oxygen atoms in total. The quantitative estimate of drug-likeness (QED) is 0.496. The largest absolute Gasteiger partial charge is 0.466 e. The number of carbonyl (C=O) groups excluding carboxylic acids is 4. The molecular weight excluding hydrogens is 432 g/mol. The van der Waals surface area contributed by atoms with Gasteiger partial charge < -0.3 is 23.7 Å². The first kappa shape index (κ1) is 22.4. The second-order valence-electron chi connectivity index (χ2n) is 7.25. The third kappa shape index (κ3) is 2.79. The van der Waals surface area contributed by atoms with E-state index in [4.69, 9.17) is 23.7 Å². The van der Waals surface area contributed by atoms with E-state index in [-0.39, 0.29) is 27.8 Å². The van der Waals surface area contributed by atoms with Gasteiger partial charge in [-0.2, -0.15) is 0 Å². The van der Waals surface area contributed by atoms with Crippen LogP contribution in [-0.4, -0.2) is 52.1 Å². The molecule has 2 aromatic carbocycles. The molecule has 0 spiro atoms. The molecule has 0 fully saturated rings. The average Bonchev–Trinajstić information content (AvgIpc) is 3.16. The second kappa shape index (κ2) is 7.95. The predicted octanol–water partition coefficient (Wildman–Crippen LogP) is 2.04. The summed E-state index contributed by atoms with van der Waals surface area (Å²) < 4.78 is 26.8. The number of esters is 3. The van der Waals surface area contributed by atoms with Crippen LogP contribution < -0.4 is 0 Å². The summed E-state index contributed by atoms with van der Waals surface area (Å²) in [5.41, 5.74) is -2.71. The fourth-order valence-electron chi connectivity index (χ4n) is 4.50. The van der Waals surface area contributed by atoms with E-state index in [2.05, 4.69) is 0 Å². The van der Waals surface area contributed by atoms with Gasteiger partial charge in [-0.05, 0) is 6.07 Å². The summed E-state index contributed by atoms with van der Waals surface area (Å²) in [6.07, 6.45) is 0. The van der Waals surface area contributed by atoms with Crippen molar-refractivity contribution in [3.63, 3.8) is 0 Å². The summed E-state index contributed by atoms with van der Waals surface area (Å²) in [7, 11) is 4.68. The Hall–Kier alpha value is -3.82. The lowest BCUT2D eigenvalue weighted by atomic mass is 9.77. The van der Waals surface area contributed by atoms with Crippen LogP contribution >= 0.6 is 0 Å². The minimum absolute atomic E-state index is 0.00270. The van der Waals surface area contributed by atoms with Gasteiger partial charge in [0.25, 0.3) is 0 Å². The zero-order valence-corrected chi connectivity index (χ0v) is 18.3. The van der Waals surface area contributed by atoms with Gasteiger partial charge in [-0.1, -0.05) is 42.5 Å². The minimum atomic E-state index is -2.24. The lowest BCUT2D eigenvalue weighted by Gasteiger charge is -2.41. The van der Waals surface area contributed by atoms with Crippen LogP contribution in [0.1, 0.15) is 31.8 Å². The lowest BCUT2D eigenvalue weighted by Crippen LogP contribution is -2.49. The van der Waals surface area contributed by atoms with Gasteiger partial charge in [0, 0.05) is 23.8 Å². The first-order valence-electron chi connectivity index (χ1n) is 9.83. The summed E-state index contributed by atoms with van der Waals surface area (Å²) >= 11 is 0. The normalized spacial score (nSPS) is 23.1. The van der Waals surface area contributed by atoms with E-state index in [1.165, 1.54) is 32.4 Å². The average molecular weight is 452 g/mol. The van der Waals surface area contributed by atoms with Gasteiger partial charge in [-0.3, -0.25) is 4.79 Å². The molecule has 33 heavy (non-hydrogen) atoms. The van der Waals surface area contributed by atoms with E-state index in [0.29, 0.717) is 0 Å². The Morgan fingerprint density at radius 2 is 1.27 bits per heavy atom. The van der Waals surface area contributed by atoms with Crippen LogP contribution in [0.15, 0.2) is 59.7 Å². The van der Waals surface area contributed by atoms with E-state index in [9.17, 15) is 19.2 Å². The SMILES string of the molecule is COC(=O)C1=C(C(=O)OC)[C@]2(c3ccccc3C(=O)OC)O[C@@]1(OC)c1ccccc1C2=O. The van der Waals surface area contributed by atoms with Crippen molar-refractivity contribution in [3.05, 3.63) is 81.9 Å². The Bertz CT molecular complexity index is 1230. The molecule has 0 saturated carbocycles. The van der Waals surface area contributed by atoms with Crippen molar-refractivity contribution in [3.8, 4) is 0 Å². The molecule has 2 heterocycles. The van der Waals surface area contributed by atoms with Gasteiger partial charge >= 0.3 is 17.9 Å². The number of rotatable bonds is 5. The van der Waals surface area contributed by atoms with Crippen LogP contribution in [0.25, 0.3) is 0 Å². The first-order valence-corrected chi connectivity index (χ1v) is 9.83. The van der Waals surface area contributed by atoms with Gasteiger partial charge in [-0.15, -0.1) is 0 Å². The molecule has 2 aromatic rings. The fraction of sp³-hybridized carbons (Fsp3) is 0.250. The van der Waals surface area contributed by atoms with Gasteiger partial charge in [-0.25, -0.2) is 14.4 Å². The van der Waals surface area contributed by atoms with Gasteiger partial charge in [0.05, 0.1) is 32.5 Å². The summed E-state index contributed by atoms with van der Waals surface area (Å²) in [6, 6.07) is 12.3. The van der Waals surface area contributed by atoms with Crippen LogP contribution in [0.2, 0.25) is 0 Å². The number of ketones is 1. The molecule has 2 aliphatic rings. The number of ether oxygens (including phenoxy) is 5. The zero-order chi connectivity index (χ0) is 24.0. The smallest absolute Gasteiger partial charge is 0.340 e. The topological polar surface area (TPSA) is 114 Å². The van der Waals surface area contributed by atoms with Crippen molar-refractivity contribution in [2.75, 3.05) is 28.4 Å². The van der Waals surface area contributed by atoms with Crippen molar-refractivity contribution in [2.45, 2.75) is 11.4 Å². The Morgan fingerprint density at radius 1 is 0.727 bits per heavy atom. The molecule has 0 unspecified atom stereocenters. The molecule has 2 atom stereocenters. The maximum Gasteiger partial charge on any atom is 0.340 e. The predicted molar refractivity (Wildman–Crippen MR) is 111 cm³/mol. The van der Waals surface area contributed by atoms with Crippen molar-refractivity contribution >= 4 is 23.7 Å². The van der Waals surface area contributed by atoms with Crippen LogP contribution in [0.3, 0.4) is 0 Å². The van der Waals surface area contributed by atoms with Crippen LogP contribution in [0.5, 0.6) is 0 Å². The molecule has 0 N–H and O–H groups in total. The molecule has 0 amide bonds. The Kier molecular flexibility index (Phi) is 5.39. The third-order valence-corrected chi connectivity index (χ3v) is 5.85. The maximum atomic E-state index is 14.1. The number of fused-ring (bicyclic) bond motifs is 4. The summed E-state index contributed by atoms with van der Waals surface area (Å²) in [4.78, 5) is 52.9. The van der Waals surface area contributed by atoms with Crippen molar-refractivity contribution in [1.29, 1.82) is 0 Å². The molecule has 9 heteroatoms. The fourth-order valence-corrected chi connectivity index (χ4v) is 4.50. The number of Topliss-reactive ketones (excluding diaryl/α,β-unsaturated/α-hetero) is 1. The highest BCUT2D eigenvalue weighted by Gasteiger charge is 2.70. The van der Waals surface area contributed by atoms with E-state index in [1.54, 1.807) is 30.3 Å². The van der Waals surface area contributed by atoms with E-state index >= 15 is 0 Å².